The summed E-state index contributed by atoms with van der Waals surface area (Å²) < 4.78 is 44.3. The van der Waals surface area contributed by atoms with Gasteiger partial charge in [0.1, 0.15) is 29.6 Å². The van der Waals surface area contributed by atoms with Gasteiger partial charge in [-0.05, 0) is 38.5 Å². The van der Waals surface area contributed by atoms with E-state index < -0.39 is 60.6 Å². The predicted octanol–water partition coefficient (Wildman–Crippen LogP) is 4.32. The van der Waals surface area contributed by atoms with E-state index in [-0.39, 0.29) is 31.4 Å². The van der Waals surface area contributed by atoms with Gasteiger partial charge in [0.15, 0.2) is 6.23 Å². The van der Waals surface area contributed by atoms with Gasteiger partial charge in [-0.25, -0.2) is 13.9 Å². The van der Waals surface area contributed by atoms with Crippen molar-refractivity contribution in [2.24, 2.45) is 5.92 Å². The van der Waals surface area contributed by atoms with Crippen molar-refractivity contribution in [1.82, 2.24) is 9.13 Å². The van der Waals surface area contributed by atoms with Gasteiger partial charge in [0.2, 0.25) is 0 Å². The summed E-state index contributed by atoms with van der Waals surface area (Å²) in [6.07, 6.45) is -3.27. The van der Waals surface area contributed by atoms with Crippen LogP contribution in [0, 0.1) is 5.92 Å². The zero-order valence-electron chi connectivity index (χ0n) is 25.5. The molecule has 0 radical (unpaired) electrons. The number of carbonyl (C=O) groups excluding carboxylic acids is 1. The van der Waals surface area contributed by atoms with Gasteiger partial charge in [-0.15, -0.1) is 11.6 Å². The average Bonchev–Trinajstić information content (AvgIpc) is 3.22. The molecule has 1 unspecified atom stereocenters. The molecule has 45 heavy (non-hydrogen) atoms. The Morgan fingerprint density at radius 2 is 1.71 bits per heavy atom. The SMILES string of the molecule is CC(C)OC(=O)[C@H](C)CP(=O)(OC[C@H]1O[C@@H](n2ccc(=O)n(COCc3ccccc3)c2=O)[C@](C)(Cl)[C@@H]1O)Oc1ccccc1. The molecule has 1 saturated heterocycles. The fourth-order valence-corrected chi connectivity index (χ4v) is 6.88. The molecule has 6 atom stereocenters. The summed E-state index contributed by atoms with van der Waals surface area (Å²) in [5, 5.41) is 11.1. The van der Waals surface area contributed by atoms with E-state index in [0.717, 1.165) is 14.7 Å². The minimum atomic E-state index is -4.03. The first kappa shape index (κ1) is 34.6. The molecule has 4 rings (SSSR count). The number of ether oxygens (including phenoxy) is 3. The van der Waals surface area contributed by atoms with Crippen LogP contribution in [0.2, 0.25) is 0 Å². The van der Waals surface area contributed by atoms with Crippen LogP contribution in [0.5, 0.6) is 5.75 Å². The topological polar surface area (TPSA) is 145 Å². The summed E-state index contributed by atoms with van der Waals surface area (Å²) in [7, 11) is -4.03. The molecule has 1 aliphatic heterocycles. The molecule has 2 aromatic carbocycles. The Hall–Kier alpha value is -3.25. The number of aromatic nitrogens is 2. The lowest BCUT2D eigenvalue weighted by atomic mass is 10.0. The number of aliphatic hydroxyl groups excluding tert-OH is 1. The van der Waals surface area contributed by atoms with Crippen molar-refractivity contribution in [2.75, 3.05) is 12.8 Å². The first-order valence-corrected chi connectivity index (χ1v) is 16.6. The van der Waals surface area contributed by atoms with Gasteiger partial charge in [-0.2, -0.15) is 0 Å². The van der Waals surface area contributed by atoms with Crippen LogP contribution >= 0.6 is 19.2 Å². The van der Waals surface area contributed by atoms with Gasteiger partial charge in [0, 0.05) is 12.3 Å². The highest BCUT2D eigenvalue weighted by Gasteiger charge is 2.54. The van der Waals surface area contributed by atoms with E-state index in [1.165, 1.54) is 19.2 Å². The Balaban J connectivity index is 1.51. The van der Waals surface area contributed by atoms with E-state index in [4.69, 9.17) is 34.9 Å². The third kappa shape index (κ3) is 8.72. The van der Waals surface area contributed by atoms with Crippen molar-refractivity contribution in [2.45, 2.75) is 70.4 Å². The molecule has 0 amide bonds. The molecule has 1 aromatic heterocycles. The van der Waals surface area contributed by atoms with Crippen molar-refractivity contribution < 1.29 is 37.7 Å². The Morgan fingerprint density at radius 1 is 1.07 bits per heavy atom. The van der Waals surface area contributed by atoms with E-state index in [9.17, 15) is 24.1 Å². The van der Waals surface area contributed by atoms with Crippen LogP contribution in [-0.4, -0.2) is 56.2 Å². The third-order valence-corrected chi connectivity index (χ3v) is 9.51. The second-order valence-electron chi connectivity index (χ2n) is 11.2. The number of esters is 1. The Bertz CT molecular complexity index is 1600. The number of hydrogen-bond acceptors (Lipinski definition) is 10. The Morgan fingerprint density at radius 3 is 2.36 bits per heavy atom. The highest BCUT2D eigenvalue weighted by Crippen LogP contribution is 2.51. The number of aliphatic hydroxyl groups is 1. The van der Waals surface area contributed by atoms with Crippen molar-refractivity contribution >= 4 is 25.2 Å². The number of nitrogens with zero attached hydrogens (tertiary/aromatic N) is 2. The third-order valence-electron chi connectivity index (χ3n) is 7.07. The largest absolute Gasteiger partial charge is 0.463 e. The highest BCUT2D eigenvalue weighted by atomic mass is 35.5. The highest BCUT2D eigenvalue weighted by molar-refractivity contribution is 7.54. The van der Waals surface area contributed by atoms with Crippen LogP contribution in [0.3, 0.4) is 0 Å². The van der Waals surface area contributed by atoms with E-state index in [2.05, 4.69) is 0 Å². The maximum absolute atomic E-state index is 14.0. The number of hydrogen-bond donors (Lipinski definition) is 1. The molecule has 1 aliphatic rings. The Labute approximate surface area is 265 Å². The van der Waals surface area contributed by atoms with Gasteiger partial charge in [-0.3, -0.25) is 18.7 Å². The fourth-order valence-electron chi connectivity index (χ4n) is 4.71. The van der Waals surface area contributed by atoms with Crippen LogP contribution in [0.4, 0.5) is 0 Å². The maximum atomic E-state index is 14.0. The summed E-state index contributed by atoms with van der Waals surface area (Å²) in [5.41, 5.74) is -0.500. The molecular weight excluding hydrogens is 627 g/mol. The monoisotopic (exact) mass is 664 g/mol. The zero-order valence-corrected chi connectivity index (χ0v) is 27.1. The fraction of sp³-hybridized carbons (Fsp3) is 0.452. The molecule has 12 nitrogen and oxygen atoms in total. The lowest BCUT2D eigenvalue weighted by Crippen LogP contribution is -2.46. The molecule has 0 aliphatic carbocycles. The van der Waals surface area contributed by atoms with Crippen LogP contribution in [0.15, 0.2) is 82.5 Å². The van der Waals surface area contributed by atoms with Crippen molar-refractivity contribution in [1.29, 1.82) is 0 Å². The van der Waals surface area contributed by atoms with E-state index in [1.54, 1.807) is 51.1 Å². The van der Waals surface area contributed by atoms with Gasteiger partial charge in [0.25, 0.3) is 5.56 Å². The molecule has 14 heteroatoms. The van der Waals surface area contributed by atoms with Crippen LogP contribution in [-0.2, 0) is 41.4 Å². The zero-order chi connectivity index (χ0) is 32.8. The second kappa shape index (κ2) is 14.9. The summed E-state index contributed by atoms with van der Waals surface area (Å²) in [6, 6.07) is 18.7. The minimum Gasteiger partial charge on any atom is -0.463 e. The van der Waals surface area contributed by atoms with E-state index in [0.29, 0.717) is 0 Å². The standard InChI is InChI=1S/C31H38ClN2O10P/c1-21(2)42-28(37)22(3)19-45(39,44-24-13-9-6-10-14-24)41-18-25-27(36)31(4,32)29(43-25)33-16-15-26(35)34(30(33)38)20-40-17-23-11-7-5-8-12-23/h5-16,21-22,25,27,29,36H,17-20H2,1-4H3/t22-,25-,27-,29-,31-,45?/m1/s1. The molecule has 0 saturated carbocycles. The molecule has 0 spiro atoms. The van der Waals surface area contributed by atoms with Gasteiger partial charge in [0.05, 0.1) is 31.4 Å². The van der Waals surface area contributed by atoms with Gasteiger partial charge < -0.3 is 23.8 Å². The number of rotatable bonds is 14. The number of halogens is 1. The van der Waals surface area contributed by atoms with Gasteiger partial charge >= 0.3 is 19.3 Å². The molecule has 244 valence electrons. The van der Waals surface area contributed by atoms with Crippen molar-refractivity contribution in [3.8, 4) is 5.75 Å². The number of benzene rings is 2. The summed E-state index contributed by atoms with van der Waals surface area (Å²) in [6.45, 7) is 5.82. The molecule has 1 N–H and O–H groups in total. The average molecular weight is 665 g/mol. The summed E-state index contributed by atoms with van der Waals surface area (Å²) >= 11 is 6.75. The van der Waals surface area contributed by atoms with Crippen LogP contribution in [0.1, 0.15) is 39.5 Å². The Kier molecular flexibility index (Phi) is 11.5. The first-order chi connectivity index (χ1) is 21.3. The lowest BCUT2D eigenvalue weighted by molar-refractivity contribution is -0.151. The number of para-hydroxylation sites is 1. The van der Waals surface area contributed by atoms with E-state index in [1.807, 2.05) is 30.3 Å². The van der Waals surface area contributed by atoms with Crippen molar-refractivity contribution in [3.05, 3.63) is 99.3 Å². The lowest BCUT2D eigenvalue weighted by Gasteiger charge is -2.27. The predicted molar refractivity (Wildman–Crippen MR) is 166 cm³/mol. The summed E-state index contributed by atoms with van der Waals surface area (Å²) in [5.74, 6) is -1.16. The molecular formula is C31H38ClN2O10P. The second-order valence-corrected chi connectivity index (χ2v) is 14.1. The smallest absolute Gasteiger partial charge is 0.380 e. The molecule has 1 fully saturated rings. The number of alkyl halides is 1. The van der Waals surface area contributed by atoms with E-state index >= 15 is 0 Å². The molecule has 0 bridgehead atoms. The minimum absolute atomic E-state index is 0.172. The first-order valence-electron chi connectivity index (χ1n) is 14.5. The van der Waals surface area contributed by atoms with Crippen LogP contribution in [0.25, 0.3) is 0 Å². The molecule has 2 heterocycles. The van der Waals surface area contributed by atoms with Gasteiger partial charge in [-0.1, -0.05) is 55.5 Å². The normalized spacial score (nSPS) is 23.4. The summed E-state index contributed by atoms with van der Waals surface area (Å²) in [4.78, 5) is 36.9. The maximum Gasteiger partial charge on any atom is 0.380 e. The van der Waals surface area contributed by atoms with Crippen LogP contribution < -0.4 is 15.8 Å². The quantitative estimate of drug-likeness (QED) is 0.150. The molecule has 3 aromatic rings. The van der Waals surface area contributed by atoms with Crippen molar-refractivity contribution in [3.63, 3.8) is 0 Å². The number of carbonyl (C=O) groups is 1.